The number of nitrogens with one attached hydrogen (secondary N) is 3. The zero-order chi connectivity index (χ0) is 31.4. The molecule has 236 valence electrons. The highest BCUT2D eigenvalue weighted by atomic mass is 32.2. The largest absolute Gasteiger partial charge is 0.497 e. The number of sulfonamides is 1. The van der Waals surface area contributed by atoms with E-state index in [1.165, 1.54) is 30.2 Å². The van der Waals surface area contributed by atoms with Gasteiger partial charge in [-0.25, -0.2) is 17.9 Å². The molecule has 0 bridgehead atoms. The van der Waals surface area contributed by atoms with Gasteiger partial charge in [0, 0.05) is 24.1 Å². The minimum Gasteiger partial charge on any atom is -0.497 e. The Morgan fingerprint density at radius 2 is 1.86 bits per heavy atom. The van der Waals surface area contributed by atoms with E-state index in [-0.39, 0.29) is 11.3 Å². The Hall–Kier alpha value is -3.61. The van der Waals surface area contributed by atoms with E-state index < -0.39 is 63.0 Å². The number of carbonyl (C=O) groups is 4. The summed E-state index contributed by atoms with van der Waals surface area (Å²) in [4.78, 5) is 54.8. The fourth-order valence-corrected chi connectivity index (χ4v) is 6.61. The van der Waals surface area contributed by atoms with Crippen LogP contribution < -0.4 is 20.1 Å². The quantitative estimate of drug-likeness (QED) is 0.425. The van der Waals surface area contributed by atoms with E-state index in [9.17, 15) is 27.6 Å². The molecule has 1 aromatic rings. The van der Waals surface area contributed by atoms with Crippen LogP contribution in [0.15, 0.2) is 41.3 Å². The Morgan fingerprint density at radius 1 is 1.09 bits per heavy atom. The normalized spacial score (nSPS) is 26.6. The summed E-state index contributed by atoms with van der Waals surface area (Å²) in [7, 11) is -2.86. The number of nitrogens with zero attached hydrogens (tertiary/aromatic N) is 1. The second kappa shape index (κ2) is 12.9. The zero-order valence-electron chi connectivity index (χ0n) is 25.2. The summed E-state index contributed by atoms with van der Waals surface area (Å²) in [5, 5.41) is 5.52. The lowest BCUT2D eigenvalue weighted by atomic mass is 10.1. The zero-order valence-corrected chi connectivity index (χ0v) is 26.0. The molecule has 1 aromatic carbocycles. The van der Waals surface area contributed by atoms with Gasteiger partial charge in [-0.3, -0.25) is 14.4 Å². The molecule has 2 heterocycles. The number of ether oxygens (including phenoxy) is 2. The molecule has 4 rings (SSSR count). The van der Waals surface area contributed by atoms with Crippen LogP contribution in [0.3, 0.4) is 0 Å². The molecule has 3 aliphatic rings. The summed E-state index contributed by atoms with van der Waals surface area (Å²) in [5.41, 5.74) is -2.04. The number of benzene rings is 1. The molecule has 13 heteroatoms. The van der Waals surface area contributed by atoms with Crippen molar-refractivity contribution in [3.63, 3.8) is 0 Å². The number of alkyl carbamates (subject to hydrolysis) is 1. The molecule has 1 saturated carbocycles. The molecular formula is C30H42N4O8S. The molecule has 0 spiro atoms. The second-order valence-electron chi connectivity index (χ2n) is 12.4. The van der Waals surface area contributed by atoms with Gasteiger partial charge in [0.1, 0.15) is 17.3 Å². The van der Waals surface area contributed by atoms with Gasteiger partial charge in [-0.05, 0) is 77.8 Å². The van der Waals surface area contributed by atoms with Gasteiger partial charge in [0.25, 0.3) is 21.8 Å². The SMILES string of the molecule is COc1cccc(S(=O)(=O)NC(=O)[C@@]23C[C@H]2C=CCCCCC[C@H](OC(=O)NC(C)(C)C)C(=O)N2CCC[C@H]2C(=O)N3)c1. The van der Waals surface area contributed by atoms with Crippen molar-refractivity contribution in [1.29, 1.82) is 0 Å². The monoisotopic (exact) mass is 618 g/mol. The van der Waals surface area contributed by atoms with Crippen molar-refractivity contribution in [2.75, 3.05) is 13.7 Å². The molecule has 12 nitrogen and oxygen atoms in total. The Balaban J connectivity index is 1.56. The van der Waals surface area contributed by atoms with Gasteiger partial charge in [0.05, 0.1) is 12.0 Å². The third-order valence-corrected chi connectivity index (χ3v) is 9.22. The Morgan fingerprint density at radius 3 is 2.58 bits per heavy atom. The Kier molecular flexibility index (Phi) is 9.73. The summed E-state index contributed by atoms with van der Waals surface area (Å²) < 4.78 is 39.1. The average Bonchev–Trinajstić information content (AvgIpc) is 3.39. The minimum absolute atomic E-state index is 0.151. The lowest BCUT2D eigenvalue weighted by molar-refractivity contribution is -0.146. The predicted octanol–water partition coefficient (Wildman–Crippen LogP) is 2.78. The summed E-state index contributed by atoms with van der Waals surface area (Å²) in [5.74, 6) is -1.96. The Labute approximate surface area is 253 Å². The van der Waals surface area contributed by atoms with Crippen molar-refractivity contribution < 1.29 is 37.1 Å². The third kappa shape index (κ3) is 7.87. The van der Waals surface area contributed by atoms with Crippen LogP contribution in [0.4, 0.5) is 4.79 Å². The maximum absolute atomic E-state index is 13.7. The topological polar surface area (TPSA) is 160 Å². The number of hydrogen-bond acceptors (Lipinski definition) is 8. The number of fused-ring (bicyclic) bond motifs is 2. The maximum atomic E-state index is 13.7. The van der Waals surface area contributed by atoms with Crippen molar-refractivity contribution >= 4 is 33.8 Å². The van der Waals surface area contributed by atoms with Crippen molar-refractivity contribution in [3.05, 3.63) is 36.4 Å². The van der Waals surface area contributed by atoms with E-state index >= 15 is 0 Å². The molecule has 2 aliphatic heterocycles. The summed E-state index contributed by atoms with van der Waals surface area (Å²) in [6, 6.07) is 4.84. The molecule has 1 saturated heterocycles. The standard InChI is InChI=1S/C30H42N4O8S/c1-29(2,3)32-28(38)42-24-16-9-7-5-6-8-12-20-19-30(20,31-25(35)23-15-11-17-34(23)26(24)36)27(37)33-43(39,40)22-14-10-13-21(18-22)41-4/h8,10,12-14,18,20,23-24H,5-7,9,11,15-17,19H2,1-4H3,(H,31,35)(H,32,38)(H,33,37)/t20-,23+,24+,30-/m1/s1. The van der Waals surface area contributed by atoms with E-state index in [0.717, 1.165) is 12.8 Å². The lowest BCUT2D eigenvalue weighted by Crippen LogP contribution is -2.57. The first kappa shape index (κ1) is 32.3. The minimum atomic E-state index is -4.27. The number of rotatable bonds is 5. The summed E-state index contributed by atoms with van der Waals surface area (Å²) >= 11 is 0. The summed E-state index contributed by atoms with van der Waals surface area (Å²) in [6.45, 7) is 5.71. The van der Waals surface area contributed by atoms with E-state index in [4.69, 9.17) is 9.47 Å². The Bertz CT molecular complexity index is 1370. The highest BCUT2D eigenvalue weighted by Crippen LogP contribution is 2.46. The number of carbonyl (C=O) groups excluding carboxylic acids is 4. The van der Waals surface area contributed by atoms with Gasteiger partial charge in [0.15, 0.2) is 6.10 Å². The van der Waals surface area contributed by atoms with E-state index in [2.05, 4.69) is 15.4 Å². The number of hydrogen-bond donors (Lipinski definition) is 3. The molecule has 2 fully saturated rings. The summed E-state index contributed by atoms with van der Waals surface area (Å²) in [6.07, 6.45) is 6.40. The smallest absolute Gasteiger partial charge is 0.408 e. The highest BCUT2D eigenvalue weighted by Gasteiger charge is 2.61. The maximum Gasteiger partial charge on any atom is 0.408 e. The van der Waals surface area contributed by atoms with Crippen LogP contribution in [0, 0.1) is 5.92 Å². The van der Waals surface area contributed by atoms with Crippen LogP contribution in [0.25, 0.3) is 0 Å². The van der Waals surface area contributed by atoms with E-state index in [1.54, 1.807) is 26.8 Å². The van der Waals surface area contributed by atoms with Gasteiger partial charge in [0.2, 0.25) is 5.91 Å². The van der Waals surface area contributed by atoms with E-state index in [1.807, 2.05) is 12.2 Å². The van der Waals surface area contributed by atoms with Gasteiger partial charge >= 0.3 is 6.09 Å². The van der Waals surface area contributed by atoms with Crippen LogP contribution >= 0.6 is 0 Å². The second-order valence-corrected chi connectivity index (χ2v) is 14.1. The van der Waals surface area contributed by atoms with Gasteiger partial charge in [-0.1, -0.05) is 24.6 Å². The average molecular weight is 619 g/mol. The molecule has 1 aliphatic carbocycles. The van der Waals surface area contributed by atoms with Crippen LogP contribution in [0.5, 0.6) is 5.75 Å². The first-order valence-electron chi connectivity index (χ1n) is 14.7. The third-order valence-electron chi connectivity index (χ3n) is 7.89. The number of amides is 4. The van der Waals surface area contributed by atoms with Crippen molar-refractivity contribution in [2.24, 2.45) is 5.92 Å². The van der Waals surface area contributed by atoms with E-state index in [0.29, 0.717) is 44.4 Å². The molecule has 0 aromatic heterocycles. The molecule has 4 atom stereocenters. The first-order valence-corrected chi connectivity index (χ1v) is 16.2. The molecule has 0 radical (unpaired) electrons. The molecular weight excluding hydrogens is 576 g/mol. The van der Waals surface area contributed by atoms with Crippen LogP contribution in [-0.4, -0.2) is 74.0 Å². The number of methoxy groups -OCH3 is 1. The molecule has 43 heavy (non-hydrogen) atoms. The van der Waals surface area contributed by atoms with Crippen molar-refractivity contribution in [2.45, 2.75) is 100 Å². The van der Waals surface area contributed by atoms with Crippen LogP contribution in [0.2, 0.25) is 0 Å². The van der Waals surface area contributed by atoms with Crippen molar-refractivity contribution in [1.82, 2.24) is 20.3 Å². The lowest BCUT2D eigenvalue weighted by Gasteiger charge is -2.30. The highest BCUT2D eigenvalue weighted by molar-refractivity contribution is 7.90. The van der Waals surface area contributed by atoms with Gasteiger partial charge in [-0.2, -0.15) is 0 Å². The fourth-order valence-electron chi connectivity index (χ4n) is 5.54. The fraction of sp³-hybridized carbons (Fsp3) is 0.600. The number of allylic oxidation sites excluding steroid dienone is 1. The van der Waals surface area contributed by atoms with Crippen molar-refractivity contribution in [3.8, 4) is 5.75 Å². The molecule has 0 unspecified atom stereocenters. The molecule has 3 N–H and O–H groups in total. The van der Waals surface area contributed by atoms with Crippen LogP contribution in [-0.2, 0) is 29.1 Å². The predicted molar refractivity (Wildman–Crippen MR) is 157 cm³/mol. The molecule has 4 amide bonds. The van der Waals surface area contributed by atoms with Gasteiger partial charge in [-0.15, -0.1) is 0 Å². The van der Waals surface area contributed by atoms with Crippen LogP contribution in [0.1, 0.15) is 72.1 Å². The van der Waals surface area contributed by atoms with Gasteiger partial charge < -0.3 is 25.0 Å². The first-order chi connectivity index (χ1) is 20.3.